The summed E-state index contributed by atoms with van der Waals surface area (Å²) in [5.41, 5.74) is 0. The predicted octanol–water partition coefficient (Wildman–Crippen LogP) is 2.37. The van der Waals surface area contributed by atoms with E-state index in [9.17, 15) is 17.6 Å². The Morgan fingerprint density at radius 2 is 2.05 bits per heavy atom. The van der Waals surface area contributed by atoms with Crippen molar-refractivity contribution in [3.8, 4) is 5.75 Å². The van der Waals surface area contributed by atoms with Crippen LogP contribution >= 0.6 is 15.9 Å². The van der Waals surface area contributed by atoms with Gasteiger partial charge in [0.1, 0.15) is 22.5 Å². The second-order valence-electron chi connectivity index (χ2n) is 5.06. The summed E-state index contributed by atoms with van der Waals surface area (Å²) in [6.45, 7) is 3.54. The van der Waals surface area contributed by atoms with E-state index in [1.807, 2.05) is 0 Å². The Morgan fingerprint density at radius 1 is 1.45 bits per heavy atom. The van der Waals surface area contributed by atoms with Crippen molar-refractivity contribution in [1.82, 2.24) is 4.72 Å². The lowest BCUT2D eigenvalue weighted by atomic mass is 10.1. The summed E-state index contributed by atoms with van der Waals surface area (Å²) in [5, 5.41) is 9.12. The van der Waals surface area contributed by atoms with Crippen LogP contribution in [-0.4, -0.2) is 32.6 Å². The monoisotopic (exact) mass is 397 g/mol. The highest BCUT2D eigenvalue weighted by Gasteiger charge is 2.29. The number of carbonyl (C=O) groups is 1. The molecule has 0 aliphatic heterocycles. The zero-order valence-electron chi connectivity index (χ0n) is 12.3. The third kappa shape index (κ3) is 4.65. The first-order valence-corrected chi connectivity index (χ1v) is 8.64. The Bertz CT molecular complexity index is 663. The van der Waals surface area contributed by atoms with E-state index in [0.717, 1.165) is 6.07 Å². The van der Waals surface area contributed by atoms with Crippen molar-refractivity contribution in [2.45, 2.75) is 31.2 Å². The van der Waals surface area contributed by atoms with Crippen molar-refractivity contribution >= 4 is 31.9 Å². The third-order valence-corrected chi connectivity index (χ3v) is 4.90. The van der Waals surface area contributed by atoms with E-state index in [1.54, 1.807) is 13.8 Å². The summed E-state index contributed by atoms with van der Waals surface area (Å²) in [7, 11) is -3.01. The molecule has 9 heteroatoms. The smallest absolute Gasteiger partial charge is 0.321 e. The van der Waals surface area contributed by atoms with Gasteiger partial charge in [-0.25, -0.2) is 12.8 Å². The van der Waals surface area contributed by atoms with Gasteiger partial charge in [0.05, 0.1) is 11.6 Å². The predicted molar refractivity (Wildman–Crippen MR) is 81.9 cm³/mol. The zero-order chi connectivity index (χ0) is 17.1. The normalized spacial score (nSPS) is 13.2. The van der Waals surface area contributed by atoms with Gasteiger partial charge in [0.15, 0.2) is 0 Å². The van der Waals surface area contributed by atoms with E-state index in [2.05, 4.69) is 20.7 Å². The van der Waals surface area contributed by atoms with Crippen LogP contribution in [0.4, 0.5) is 4.39 Å². The van der Waals surface area contributed by atoms with Crippen LogP contribution in [0.1, 0.15) is 20.3 Å². The molecular formula is C13H17BrFNO5S. The first-order chi connectivity index (χ1) is 10.1. The maximum atomic E-state index is 13.6. The number of nitrogens with one attached hydrogen (secondary N) is 1. The number of aliphatic carboxylic acids is 1. The Kier molecular flexibility index (Phi) is 6.33. The van der Waals surface area contributed by atoms with E-state index in [0.29, 0.717) is 0 Å². The summed E-state index contributed by atoms with van der Waals surface area (Å²) in [6, 6.07) is 0.642. The first kappa shape index (κ1) is 18.9. The van der Waals surface area contributed by atoms with E-state index < -0.39 is 32.7 Å². The molecule has 1 aromatic carbocycles. The Morgan fingerprint density at radius 3 is 2.50 bits per heavy atom. The van der Waals surface area contributed by atoms with Crippen LogP contribution in [0, 0.1) is 11.7 Å². The summed E-state index contributed by atoms with van der Waals surface area (Å²) in [6.07, 6.45) is 0.107. The number of sulfonamides is 1. The van der Waals surface area contributed by atoms with Crippen LogP contribution in [0.25, 0.3) is 0 Å². The maximum absolute atomic E-state index is 13.6. The second kappa shape index (κ2) is 7.38. The molecule has 1 aromatic rings. The average Bonchev–Trinajstić information content (AvgIpc) is 2.39. The lowest BCUT2D eigenvalue weighted by Crippen LogP contribution is -2.41. The zero-order valence-corrected chi connectivity index (χ0v) is 14.7. The highest BCUT2D eigenvalue weighted by Crippen LogP contribution is 2.30. The molecule has 0 bridgehead atoms. The molecule has 1 atom stereocenters. The third-order valence-electron chi connectivity index (χ3n) is 2.80. The Labute approximate surface area is 136 Å². The molecule has 22 heavy (non-hydrogen) atoms. The molecule has 0 aliphatic carbocycles. The molecular weight excluding hydrogens is 381 g/mol. The fourth-order valence-corrected chi connectivity index (χ4v) is 3.49. The van der Waals surface area contributed by atoms with Gasteiger partial charge in [-0.05, 0) is 40.4 Å². The van der Waals surface area contributed by atoms with Gasteiger partial charge in [-0.2, -0.15) is 4.72 Å². The Balaban J connectivity index is 3.23. The first-order valence-electron chi connectivity index (χ1n) is 6.36. The van der Waals surface area contributed by atoms with Crippen molar-refractivity contribution in [3.63, 3.8) is 0 Å². The topological polar surface area (TPSA) is 92.7 Å². The van der Waals surface area contributed by atoms with Crippen molar-refractivity contribution in [1.29, 1.82) is 0 Å². The van der Waals surface area contributed by atoms with Crippen LogP contribution in [0.2, 0.25) is 0 Å². The van der Waals surface area contributed by atoms with Crippen molar-refractivity contribution in [2.75, 3.05) is 7.11 Å². The standard InChI is InChI=1S/C13H17BrFNO5S/c1-7(2)4-10(13(17)18)16-22(19,20)12-6-9(15)8(14)5-11(12)21-3/h5-7,10,16H,4H2,1-3H3,(H,17,18)/t10-/m0/s1. The van der Waals surface area contributed by atoms with E-state index in [-0.39, 0.29) is 22.6 Å². The van der Waals surface area contributed by atoms with Crippen molar-refractivity contribution < 1.29 is 27.4 Å². The molecule has 0 aromatic heterocycles. The summed E-state index contributed by atoms with van der Waals surface area (Å²) in [4.78, 5) is 10.7. The number of hydrogen-bond donors (Lipinski definition) is 2. The summed E-state index contributed by atoms with van der Waals surface area (Å²) < 4.78 is 45.3. The minimum atomic E-state index is -4.25. The lowest BCUT2D eigenvalue weighted by Gasteiger charge is -2.18. The van der Waals surface area contributed by atoms with Gasteiger partial charge in [0.25, 0.3) is 0 Å². The lowest BCUT2D eigenvalue weighted by molar-refractivity contribution is -0.139. The number of methoxy groups -OCH3 is 1. The molecule has 0 heterocycles. The van der Waals surface area contributed by atoms with Crippen LogP contribution in [0.3, 0.4) is 0 Å². The maximum Gasteiger partial charge on any atom is 0.321 e. The second-order valence-corrected chi connectivity index (χ2v) is 7.60. The summed E-state index contributed by atoms with van der Waals surface area (Å²) >= 11 is 2.93. The van der Waals surface area contributed by atoms with Crippen molar-refractivity contribution in [3.05, 3.63) is 22.4 Å². The quantitative estimate of drug-likeness (QED) is 0.736. The molecule has 0 saturated heterocycles. The number of rotatable bonds is 7. The Hall–Kier alpha value is -1.19. The molecule has 1 rings (SSSR count). The SMILES string of the molecule is COc1cc(Br)c(F)cc1S(=O)(=O)N[C@@H](CC(C)C)C(=O)O. The van der Waals surface area contributed by atoms with Gasteiger partial charge in [-0.15, -0.1) is 0 Å². The van der Waals surface area contributed by atoms with Crippen LogP contribution in [-0.2, 0) is 14.8 Å². The summed E-state index contributed by atoms with van der Waals surface area (Å²) in [5.74, 6) is -2.22. The van der Waals surface area contributed by atoms with Crippen LogP contribution in [0.15, 0.2) is 21.5 Å². The largest absolute Gasteiger partial charge is 0.495 e. The minimum absolute atomic E-state index is 0.0349. The molecule has 0 saturated carbocycles. The average molecular weight is 398 g/mol. The number of hydrogen-bond acceptors (Lipinski definition) is 4. The number of benzene rings is 1. The van der Waals surface area contributed by atoms with E-state index >= 15 is 0 Å². The fraction of sp³-hybridized carbons (Fsp3) is 0.462. The number of carboxylic acids is 1. The molecule has 124 valence electrons. The van der Waals surface area contributed by atoms with E-state index in [1.165, 1.54) is 13.2 Å². The van der Waals surface area contributed by atoms with Gasteiger partial charge in [-0.3, -0.25) is 4.79 Å². The van der Waals surface area contributed by atoms with Crippen molar-refractivity contribution in [2.24, 2.45) is 5.92 Å². The number of halogens is 2. The highest BCUT2D eigenvalue weighted by molar-refractivity contribution is 9.10. The van der Waals surface area contributed by atoms with Gasteiger partial charge in [0, 0.05) is 0 Å². The molecule has 0 spiro atoms. The molecule has 2 N–H and O–H groups in total. The number of ether oxygens (including phenoxy) is 1. The van der Waals surface area contributed by atoms with Gasteiger partial charge in [-0.1, -0.05) is 13.8 Å². The molecule has 0 fully saturated rings. The highest BCUT2D eigenvalue weighted by atomic mass is 79.9. The molecule has 0 radical (unpaired) electrons. The van der Waals surface area contributed by atoms with Gasteiger partial charge < -0.3 is 9.84 Å². The molecule has 6 nitrogen and oxygen atoms in total. The molecule has 0 aliphatic rings. The van der Waals surface area contributed by atoms with Crippen LogP contribution in [0.5, 0.6) is 5.75 Å². The minimum Gasteiger partial charge on any atom is -0.495 e. The molecule has 0 amide bonds. The number of carboxylic acid groups (broad SMARTS) is 1. The molecule has 0 unspecified atom stereocenters. The van der Waals surface area contributed by atoms with Gasteiger partial charge >= 0.3 is 5.97 Å². The van der Waals surface area contributed by atoms with Crippen LogP contribution < -0.4 is 9.46 Å². The van der Waals surface area contributed by atoms with Gasteiger partial charge in [0.2, 0.25) is 10.0 Å². The van der Waals surface area contributed by atoms with E-state index in [4.69, 9.17) is 9.84 Å². The fourth-order valence-electron chi connectivity index (χ4n) is 1.80.